The Hall–Kier alpha value is -1.24. The molecule has 15 heavy (non-hydrogen) atoms. The predicted molar refractivity (Wildman–Crippen MR) is 58.9 cm³/mol. The lowest BCUT2D eigenvalue weighted by molar-refractivity contribution is 0.456. The minimum Gasteiger partial charge on any atom is -0.349 e. The van der Waals surface area contributed by atoms with Crippen molar-refractivity contribution in [1.82, 2.24) is 4.98 Å². The second-order valence-corrected chi connectivity index (χ2v) is 4.25. The lowest BCUT2D eigenvalue weighted by Crippen LogP contribution is -1.95. The summed E-state index contributed by atoms with van der Waals surface area (Å²) in [7, 11) is 0. The first-order chi connectivity index (χ1) is 7.25. The molecule has 0 radical (unpaired) electrons. The Morgan fingerprint density at radius 1 is 1.33 bits per heavy atom. The van der Waals surface area contributed by atoms with Crippen molar-refractivity contribution in [2.75, 3.05) is 0 Å². The van der Waals surface area contributed by atoms with Crippen LogP contribution < -0.4 is 4.18 Å². The summed E-state index contributed by atoms with van der Waals surface area (Å²) in [5, 5.41) is 0.190. The molecular formula is C9H7NO3S2. The number of thiazole rings is 1. The number of nitrogens with zero attached hydrogens (tertiary/aromatic N) is 1. The molecule has 0 saturated heterocycles. The molecule has 1 aromatic heterocycles. The van der Waals surface area contributed by atoms with E-state index in [-0.39, 0.29) is 5.19 Å². The molecule has 1 N–H and O–H groups in total. The first-order valence-corrected chi connectivity index (χ1v) is 5.91. The molecule has 78 valence electrons. The molecule has 0 spiro atoms. The van der Waals surface area contributed by atoms with Crippen LogP contribution in [-0.2, 0) is 11.4 Å². The van der Waals surface area contributed by atoms with Gasteiger partial charge in [-0.3, -0.25) is 4.55 Å². The summed E-state index contributed by atoms with van der Waals surface area (Å²) in [6.45, 7) is 0. The smallest absolute Gasteiger partial charge is 0.349 e. The quantitative estimate of drug-likeness (QED) is 0.838. The summed E-state index contributed by atoms with van der Waals surface area (Å²) in [6.07, 6.45) is 1.61. The monoisotopic (exact) mass is 241 g/mol. The summed E-state index contributed by atoms with van der Waals surface area (Å²) >= 11 is -1.08. The zero-order chi connectivity index (χ0) is 10.7. The van der Waals surface area contributed by atoms with Crippen LogP contribution in [0.5, 0.6) is 5.19 Å². The molecule has 1 aromatic carbocycles. The lowest BCUT2D eigenvalue weighted by atomic mass is 10.2. The third kappa shape index (κ3) is 2.62. The molecule has 2 aromatic rings. The van der Waals surface area contributed by atoms with Crippen molar-refractivity contribution in [1.29, 1.82) is 0 Å². The van der Waals surface area contributed by atoms with E-state index >= 15 is 0 Å². The molecule has 6 heteroatoms. The molecule has 1 unspecified atom stereocenters. The van der Waals surface area contributed by atoms with Gasteiger partial charge in [0, 0.05) is 6.20 Å². The Morgan fingerprint density at radius 2 is 2.07 bits per heavy atom. The van der Waals surface area contributed by atoms with Gasteiger partial charge in [-0.05, 0) is 5.56 Å². The van der Waals surface area contributed by atoms with Crippen molar-refractivity contribution in [2.45, 2.75) is 0 Å². The van der Waals surface area contributed by atoms with Gasteiger partial charge in [-0.25, -0.2) is 4.98 Å². The van der Waals surface area contributed by atoms with Crippen LogP contribution in [0.3, 0.4) is 0 Å². The van der Waals surface area contributed by atoms with E-state index in [0.29, 0.717) is 0 Å². The first-order valence-electron chi connectivity index (χ1n) is 4.06. The summed E-state index contributed by atoms with van der Waals surface area (Å²) in [4.78, 5) is 4.78. The highest BCUT2D eigenvalue weighted by atomic mass is 32.2. The van der Waals surface area contributed by atoms with Crippen LogP contribution in [0, 0.1) is 0 Å². The van der Waals surface area contributed by atoms with E-state index in [2.05, 4.69) is 9.17 Å². The van der Waals surface area contributed by atoms with Gasteiger partial charge in [0.15, 0.2) is 0 Å². The lowest BCUT2D eigenvalue weighted by Gasteiger charge is -1.93. The molecule has 0 fully saturated rings. The first kappa shape index (κ1) is 10.3. The molecule has 2 rings (SSSR count). The Kier molecular flexibility index (Phi) is 3.10. The summed E-state index contributed by atoms with van der Waals surface area (Å²) < 4.78 is 23.4. The van der Waals surface area contributed by atoms with Crippen LogP contribution in [0.25, 0.3) is 10.4 Å². The van der Waals surface area contributed by atoms with Crippen LogP contribution in [0.4, 0.5) is 0 Å². The van der Waals surface area contributed by atoms with Crippen LogP contribution >= 0.6 is 11.3 Å². The van der Waals surface area contributed by atoms with Gasteiger partial charge < -0.3 is 4.18 Å². The standard InChI is InChI=1S/C9H7NO3S2/c11-15(12)13-9-10-6-8(14-9)7-4-2-1-3-5-7/h1-6H,(H,11,12). The van der Waals surface area contributed by atoms with E-state index in [9.17, 15) is 4.21 Å². The fraction of sp³-hybridized carbons (Fsp3) is 0. The fourth-order valence-corrected chi connectivity index (χ4v) is 2.22. The van der Waals surface area contributed by atoms with Gasteiger partial charge in [0.1, 0.15) is 0 Å². The zero-order valence-corrected chi connectivity index (χ0v) is 9.12. The summed E-state index contributed by atoms with van der Waals surface area (Å²) in [5.41, 5.74) is 1.01. The van der Waals surface area contributed by atoms with Crippen LogP contribution in [0.15, 0.2) is 36.5 Å². The van der Waals surface area contributed by atoms with Crippen LogP contribution in [0.2, 0.25) is 0 Å². The number of hydrogen-bond acceptors (Lipinski definition) is 4. The largest absolute Gasteiger partial charge is 0.359 e. The highest BCUT2D eigenvalue weighted by molar-refractivity contribution is 7.74. The Labute approximate surface area is 93.0 Å². The van der Waals surface area contributed by atoms with Gasteiger partial charge in [-0.1, -0.05) is 41.7 Å². The van der Waals surface area contributed by atoms with Gasteiger partial charge in [-0.15, -0.1) is 0 Å². The van der Waals surface area contributed by atoms with Crippen molar-refractivity contribution in [3.63, 3.8) is 0 Å². The van der Waals surface area contributed by atoms with E-state index in [1.54, 1.807) is 6.20 Å². The minimum absolute atomic E-state index is 0.190. The normalized spacial score (nSPS) is 12.3. The van der Waals surface area contributed by atoms with E-state index in [1.165, 1.54) is 11.3 Å². The molecule has 0 aliphatic heterocycles. The average molecular weight is 241 g/mol. The second kappa shape index (κ2) is 4.52. The maximum absolute atomic E-state index is 10.4. The summed E-state index contributed by atoms with van der Waals surface area (Å²) in [5.74, 6) is 0. The van der Waals surface area contributed by atoms with E-state index in [0.717, 1.165) is 10.4 Å². The third-order valence-corrected chi connectivity index (χ3v) is 3.02. The topological polar surface area (TPSA) is 59.4 Å². The molecular weight excluding hydrogens is 234 g/mol. The molecule has 0 bridgehead atoms. The Bertz CT molecular complexity index is 469. The zero-order valence-electron chi connectivity index (χ0n) is 7.49. The van der Waals surface area contributed by atoms with Gasteiger partial charge in [0.05, 0.1) is 4.88 Å². The van der Waals surface area contributed by atoms with Gasteiger partial charge in [-0.2, -0.15) is 4.21 Å². The average Bonchev–Trinajstić information content (AvgIpc) is 2.67. The third-order valence-electron chi connectivity index (χ3n) is 1.69. The second-order valence-electron chi connectivity index (χ2n) is 2.66. The number of hydrogen-bond donors (Lipinski definition) is 1. The SMILES string of the molecule is O=S(O)Oc1ncc(-c2ccccc2)s1. The summed E-state index contributed by atoms with van der Waals surface area (Å²) in [6, 6.07) is 9.63. The van der Waals surface area contributed by atoms with Crippen molar-refractivity contribution >= 4 is 22.7 Å². The molecule has 0 aliphatic rings. The van der Waals surface area contributed by atoms with E-state index in [1.807, 2.05) is 30.3 Å². The van der Waals surface area contributed by atoms with Gasteiger partial charge >= 0.3 is 11.4 Å². The van der Waals surface area contributed by atoms with Crippen molar-refractivity contribution < 1.29 is 12.9 Å². The van der Waals surface area contributed by atoms with Crippen LogP contribution in [0.1, 0.15) is 0 Å². The molecule has 0 amide bonds. The number of rotatable bonds is 3. The Morgan fingerprint density at radius 3 is 2.73 bits per heavy atom. The maximum Gasteiger partial charge on any atom is 0.359 e. The Balaban J connectivity index is 2.24. The van der Waals surface area contributed by atoms with E-state index < -0.39 is 11.4 Å². The van der Waals surface area contributed by atoms with E-state index in [4.69, 9.17) is 4.55 Å². The van der Waals surface area contributed by atoms with Crippen molar-refractivity contribution in [3.05, 3.63) is 36.5 Å². The van der Waals surface area contributed by atoms with Gasteiger partial charge in [0.2, 0.25) is 0 Å². The maximum atomic E-state index is 10.4. The van der Waals surface area contributed by atoms with Crippen LogP contribution in [-0.4, -0.2) is 13.7 Å². The number of benzene rings is 1. The molecule has 1 atom stereocenters. The minimum atomic E-state index is -2.31. The molecule has 0 aliphatic carbocycles. The van der Waals surface area contributed by atoms with Gasteiger partial charge in [0.25, 0.3) is 5.19 Å². The highest BCUT2D eigenvalue weighted by Crippen LogP contribution is 2.30. The fourth-order valence-electron chi connectivity index (χ4n) is 1.09. The molecule has 0 saturated carbocycles. The molecule has 1 heterocycles. The van der Waals surface area contributed by atoms with Crippen molar-refractivity contribution in [2.24, 2.45) is 0 Å². The number of aromatic nitrogens is 1. The molecule has 4 nitrogen and oxygen atoms in total. The predicted octanol–water partition coefficient (Wildman–Crippen LogP) is 2.33. The van der Waals surface area contributed by atoms with Crippen molar-refractivity contribution in [3.8, 4) is 15.6 Å². The highest BCUT2D eigenvalue weighted by Gasteiger charge is 2.06.